The Bertz CT molecular complexity index is 406. The van der Waals surface area contributed by atoms with Crippen LogP contribution in [0, 0.1) is 0 Å². The Morgan fingerprint density at radius 2 is 1.62 bits per heavy atom. The van der Waals surface area contributed by atoms with E-state index in [0.717, 1.165) is 15.6 Å². The van der Waals surface area contributed by atoms with Gasteiger partial charge in [0.1, 0.15) is 4.99 Å². The van der Waals surface area contributed by atoms with Gasteiger partial charge in [0, 0.05) is 10.8 Å². The second-order valence-corrected chi connectivity index (χ2v) is 7.50. The first kappa shape index (κ1) is 13.6. The van der Waals surface area contributed by atoms with Crippen LogP contribution in [0.2, 0.25) is 0 Å². The number of hydrogen-bond donors (Lipinski definition) is 1. The smallest absolute Gasteiger partial charge is 0.116 e. The fourth-order valence-corrected chi connectivity index (χ4v) is 2.72. The number of hydrogen-bond acceptors (Lipinski definition) is 3. The van der Waals surface area contributed by atoms with Crippen molar-refractivity contribution in [1.29, 1.82) is 0 Å². The lowest BCUT2D eigenvalue weighted by Crippen LogP contribution is -2.19. The Morgan fingerprint density at radius 1 is 1.12 bits per heavy atom. The molecule has 90 valence electrons. The molecule has 0 saturated heterocycles. The van der Waals surface area contributed by atoms with Crippen molar-refractivity contribution in [2.24, 2.45) is 5.73 Å². The van der Waals surface area contributed by atoms with Crippen LogP contribution in [0.1, 0.15) is 57.1 Å². The van der Waals surface area contributed by atoms with Crippen molar-refractivity contribution in [2.45, 2.75) is 52.4 Å². The fourth-order valence-electron chi connectivity index (χ4n) is 1.32. The predicted octanol–water partition coefficient (Wildman–Crippen LogP) is 3.37. The Balaban J connectivity index is 3.38. The Labute approximate surface area is 107 Å². The van der Waals surface area contributed by atoms with Crippen LogP contribution in [-0.4, -0.2) is 9.97 Å². The molecule has 0 aliphatic heterocycles. The van der Waals surface area contributed by atoms with Crippen LogP contribution in [0.25, 0.3) is 0 Å². The third-order valence-corrected chi connectivity index (χ3v) is 4.05. The molecule has 0 saturated carbocycles. The van der Waals surface area contributed by atoms with Gasteiger partial charge in [-0.15, -0.1) is 11.3 Å². The zero-order chi connectivity index (χ0) is 12.7. The maximum atomic E-state index is 5.77. The van der Waals surface area contributed by atoms with E-state index in [0.29, 0.717) is 4.99 Å². The highest BCUT2D eigenvalue weighted by Gasteiger charge is 2.28. The minimum atomic E-state index is -0.0151. The molecule has 1 rings (SSSR count). The molecule has 0 radical (unpaired) electrons. The normalized spacial score (nSPS) is 12.9. The lowest BCUT2D eigenvalue weighted by Gasteiger charge is -2.18. The third kappa shape index (κ3) is 2.80. The van der Waals surface area contributed by atoms with Crippen LogP contribution < -0.4 is 5.73 Å². The van der Waals surface area contributed by atoms with Gasteiger partial charge in [-0.25, -0.2) is 4.98 Å². The van der Waals surface area contributed by atoms with E-state index in [1.807, 2.05) is 0 Å². The summed E-state index contributed by atoms with van der Waals surface area (Å²) in [4.78, 5) is 6.15. The standard InChI is InChI=1S/C12H20N2S2/c1-11(2,3)8-7(9(13)15)16-10(14-8)12(4,5)6/h1-6H3,(H2,13,15). The van der Waals surface area contributed by atoms with E-state index in [9.17, 15) is 0 Å². The summed E-state index contributed by atoms with van der Waals surface area (Å²) in [7, 11) is 0. The predicted molar refractivity (Wildman–Crippen MR) is 75.4 cm³/mol. The monoisotopic (exact) mass is 256 g/mol. The topological polar surface area (TPSA) is 38.9 Å². The average Bonchev–Trinajstić information content (AvgIpc) is 2.44. The highest BCUT2D eigenvalue weighted by atomic mass is 32.1. The van der Waals surface area contributed by atoms with Crippen molar-refractivity contribution in [1.82, 2.24) is 4.98 Å². The highest BCUT2D eigenvalue weighted by molar-refractivity contribution is 7.81. The molecule has 0 bridgehead atoms. The summed E-state index contributed by atoms with van der Waals surface area (Å²) in [5, 5.41) is 1.10. The van der Waals surface area contributed by atoms with Crippen LogP contribution in [-0.2, 0) is 10.8 Å². The maximum absolute atomic E-state index is 5.77. The van der Waals surface area contributed by atoms with Gasteiger partial charge in [-0.2, -0.15) is 0 Å². The zero-order valence-electron chi connectivity index (χ0n) is 10.8. The zero-order valence-corrected chi connectivity index (χ0v) is 12.5. The minimum Gasteiger partial charge on any atom is -0.389 e. The van der Waals surface area contributed by atoms with Gasteiger partial charge in [-0.05, 0) is 0 Å². The number of nitrogens with two attached hydrogens (primary N) is 1. The summed E-state index contributed by atoms with van der Waals surface area (Å²) < 4.78 is 0. The molecule has 0 spiro atoms. The van der Waals surface area contributed by atoms with Crippen LogP contribution in [0.5, 0.6) is 0 Å². The lowest BCUT2D eigenvalue weighted by molar-refractivity contribution is 0.546. The molecule has 0 amide bonds. The van der Waals surface area contributed by atoms with Gasteiger partial charge < -0.3 is 5.73 Å². The van der Waals surface area contributed by atoms with E-state index in [1.165, 1.54) is 0 Å². The summed E-state index contributed by atoms with van der Waals surface area (Å²) in [6, 6.07) is 0. The van der Waals surface area contributed by atoms with Gasteiger partial charge in [0.2, 0.25) is 0 Å². The maximum Gasteiger partial charge on any atom is 0.116 e. The molecule has 4 heteroatoms. The van der Waals surface area contributed by atoms with Crippen LogP contribution in [0.4, 0.5) is 0 Å². The highest BCUT2D eigenvalue weighted by Crippen LogP contribution is 2.34. The SMILES string of the molecule is CC(C)(C)c1nc(C(C)(C)C)c(C(N)=S)s1. The molecule has 2 N–H and O–H groups in total. The van der Waals surface area contributed by atoms with Crippen LogP contribution in [0.15, 0.2) is 0 Å². The third-order valence-electron chi connectivity index (χ3n) is 2.20. The summed E-state index contributed by atoms with van der Waals surface area (Å²) >= 11 is 6.73. The van der Waals surface area contributed by atoms with E-state index in [1.54, 1.807) is 11.3 Å². The van der Waals surface area contributed by atoms with Crippen molar-refractivity contribution in [3.8, 4) is 0 Å². The summed E-state index contributed by atoms with van der Waals surface area (Å²) in [5.41, 5.74) is 6.83. The van der Waals surface area contributed by atoms with Crippen LogP contribution in [0.3, 0.4) is 0 Å². The quantitative estimate of drug-likeness (QED) is 0.783. The molecule has 1 aromatic rings. The Kier molecular flexibility index (Phi) is 3.46. The minimum absolute atomic E-state index is 0.0151. The van der Waals surface area contributed by atoms with Crippen LogP contribution >= 0.6 is 23.6 Å². The van der Waals surface area contributed by atoms with E-state index in [4.69, 9.17) is 22.9 Å². The molecule has 1 aromatic heterocycles. The molecular formula is C12H20N2S2. The number of rotatable bonds is 1. The summed E-state index contributed by atoms with van der Waals surface area (Å²) in [6.07, 6.45) is 0. The molecule has 0 aliphatic carbocycles. The number of nitrogens with zero attached hydrogens (tertiary/aromatic N) is 1. The lowest BCUT2D eigenvalue weighted by atomic mass is 9.91. The summed E-state index contributed by atoms with van der Waals surface area (Å²) in [6.45, 7) is 12.9. The first-order valence-corrected chi connectivity index (χ1v) is 6.57. The van der Waals surface area contributed by atoms with Crippen molar-refractivity contribution < 1.29 is 0 Å². The number of aromatic nitrogens is 1. The van der Waals surface area contributed by atoms with Crippen molar-refractivity contribution in [3.63, 3.8) is 0 Å². The van der Waals surface area contributed by atoms with Gasteiger partial charge in [0.05, 0.1) is 15.6 Å². The number of thiocarbonyl (C=S) groups is 1. The van der Waals surface area contributed by atoms with Gasteiger partial charge >= 0.3 is 0 Å². The second-order valence-electron chi connectivity index (χ2n) is 6.06. The van der Waals surface area contributed by atoms with Gasteiger partial charge in [0.25, 0.3) is 0 Å². The molecule has 0 unspecified atom stereocenters. The molecule has 2 nitrogen and oxygen atoms in total. The molecule has 0 atom stereocenters. The van der Waals surface area contributed by atoms with Gasteiger partial charge in [-0.1, -0.05) is 53.8 Å². The molecule has 1 heterocycles. The van der Waals surface area contributed by atoms with Crippen molar-refractivity contribution in [3.05, 3.63) is 15.6 Å². The van der Waals surface area contributed by atoms with Crippen molar-refractivity contribution >= 4 is 28.5 Å². The molecule has 0 fully saturated rings. The first-order chi connectivity index (χ1) is 7.03. The molecule has 16 heavy (non-hydrogen) atoms. The summed E-state index contributed by atoms with van der Waals surface area (Å²) in [5.74, 6) is 0. The van der Waals surface area contributed by atoms with Crippen molar-refractivity contribution in [2.75, 3.05) is 0 Å². The van der Waals surface area contributed by atoms with Gasteiger partial charge in [0.15, 0.2) is 0 Å². The molecule has 0 aromatic carbocycles. The number of thiazole rings is 1. The van der Waals surface area contributed by atoms with E-state index in [-0.39, 0.29) is 10.8 Å². The fraction of sp³-hybridized carbons (Fsp3) is 0.667. The van der Waals surface area contributed by atoms with E-state index < -0.39 is 0 Å². The van der Waals surface area contributed by atoms with E-state index >= 15 is 0 Å². The van der Waals surface area contributed by atoms with E-state index in [2.05, 4.69) is 41.5 Å². The first-order valence-electron chi connectivity index (χ1n) is 5.35. The Morgan fingerprint density at radius 3 is 1.88 bits per heavy atom. The second kappa shape index (κ2) is 4.08. The largest absolute Gasteiger partial charge is 0.389 e. The average molecular weight is 256 g/mol. The molecular weight excluding hydrogens is 236 g/mol. The Hall–Kier alpha value is -0.480. The van der Waals surface area contributed by atoms with Gasteiger partial charge in [-0.3, -0.25) is 0 Å². The molecule has 0 aliphatic rings.